The van der Waals surface area contributed by atoms with Crippen molar-refractivity contribution in [1.82, 2.24) is 4.90 Å². The number of hydrogen-bond donors (Lipinski definition) is 2. The molecule has 2 atom stereocenters. The Morgan fingerprint density at radius 3 is 2.28 bits per heavy atom. The first kappa shape index (κ1) is 27.0. The molecule has 7 nitrogen and oxygen atoms in total. The van der Waals surface area contributed by atoms with Gasteiger partial charge in [-0.1, -0.05) is 48.5 Å². The van der Waals surface area contributed by atoms with Crippen LogP contribution in [0.5, 0.6) is 17.2 Å². The van der Waals surface area contributed by atoms with E-state index < -0.39 is 12.1 Å². The summed E-state index contributed by atoms with van der Waals surface area (Å²) in [5.41, 5.74) is 1.98. The van der Waals surface area contributed by atoms with Crippen molar-refractivity contribution >= 4 is 5.97 Å². The van der Waals surface area contributed by atoms with Crippen molar-refractivity contribution in [2.75, 3.05) is 33.4 Å². The molecule has 0 saturated carbocycles. The van der Waals surface area contributed by atoms with Gasteiger partial charge in [0.25, 0.3) is 0 Å². The van der Waals surface area contributed by atoms with Crippen LogP contribution in [0.25, 0.3) is 0 Å². The van der Waals surface area contributed by atoms with E-state index in [4.69, 9.17) is 9.47 Å². The van der Waals surface area contributed by atoms with Crippen molar-refractivity contribution < 1.29 is 29.2 Å². The lowest BCUT2D eigenvalue weighted by atomic mass is 10.0. The summed E-state index contributed by atoms with van der Waals surface area (Å²) < 4.78 is 15.8. The lowest BCUT2D eigenvalue weighted by Gasteiger charge is -2.31. The molecule has 0 radical (unpaired) electrons. The molecule has 0 aromatic heterocycles. The van der Waals surface area contributed by atoms with Gasteiger partial charge < -0.3 is 24.4 Å². The van der Waals surface area contributed by atoms with E-state index in [9.17, 15) is 15.0 Å². The number of ether oxygens (including phenoxy) is 3. The van der Waals surface area contributed by atoms with E-state index in [1.165, 1.54) is 7.11 Å². The van der Waals surface area contributed by atoms with Crippen LogP contribution >= 0.6 is 0 Å². The van der Waals surface area contributed by atoms with Crippen LogP contribution in [-0.4, -0.2) is 66.6 Å². The lowest BCUT2D eigenvalue weighted by Crippen LogP contribution is -2.43. The quantitative estimate of drug-likeness (QED) is 0.330. The van der Waals surface area contributed by atoms with Gasteiger partial charge in [0.15, 0.2) is 6.61 Å². The maximum absolute atomic E-state index is 11.3. The molecule has 0 fully saturated rings. The minimum absolute atomic E-state index is 0.115. The number of aliphatic hydroxyl groups is 1. The molecule has 0 heterocycles. The molecule has 3 rings (SSSR count). The van der Waals surface area contributed by atoms with Gasteiger partial charge in [0, 0.05) is 19.1 Å². The summed E-state index contributed by atoms with van der Waals surface area (Å²) in [5.74, 6) is 1.17. The third-order valence-electron chi connectivity index (χ3n) is 5.95. The highest BCUT2D eigenvalue weighted by molar-refractivity contribution is 5.70. The molecule has 0 aliphatic rings. The van der Waals surface area contributed by atoms with Crippen molar-refractivity contribution in [3.8, 4) is 17.2 Å². The maximum atomic E-state index is 11.3. The minimum Gasteiger partial charge on any atom is -0.508 e. The van der Waals surface area contributed by atoms with Crippen LogP contribution < -0.4 is 9.47 Å². The van der Waals surface area contributed by atoms with Crippen molar-refractivity contribution in [2.24, 2.45) is 0 Å². The Morgan fingerprint density at radius 2 is 1.58 bits per heavy atom. The number of esters is 1. The molecule has 0 spiro atoms. The zero-order valence-corrected chi connectivity index (χ0v) is 20.9. The monoisotopic (exact) mass is 493 g/mol. The number of hydrogen-bond acceptors (Lipinski definition) is 7. The summed E-state index contributed by atoms with van der Waals surface area (Å²) in [6.07, 6.45) is 0.736. The van der Waals surface area contributed by atoms with Gasteiger partial charge in [0.1, 0.15) is 30.0 Å². The summed E-state index contributed by atoms with van der Waals surface area (Å²) in [6.45, 7) is 3.28. The van der Waals surface area contributed by atoms with Crippen molar-refractivity contribution in [1.29, 1.82) is 0 Å². The Labute approximate surface area is 212 Å². The van der Waals surface area contributed by atoms with Gasteiger partial charge in [-0.05, 0) is 61.2 Å². The molecule has 3 aromatic carbocycles. The summed E-state index contributed by atoms with van der Waals surface area (Å²) in [6, 6.07) is 24.5. The number of aromatic hydroxyl groups is 1. The van der Waals surface area contributed by atoms with Gasteiger partial charge in [0.05, 0.1) is 7.11 Å². The van der Waals surface area contributed by atoms with Crippen LogP contribution in [0.2, 0.25) is 0 Å². The van der Waals surface area contributed by atoms with Gasteiger partial charge in [-0.3, -0.25) is 4.90 Å². The molecule has 7 heteroatoms. The number of carbonyl (C=O) groups excluding carboxylic acids is 1. The van der Waals surface area contributed by atoms with Gasteiger partial charge in [0.2, 0.25) is 0 Å². The van der Waals surface area contributed by atoms with E-state index >= 15 is 0 Å². The third-order valence-corrected chi connectivity index (χ3v) is 5.95. The summed E-state index contributed by atoms with van der Waals surface area (Å²) >= 11 is 0. The highest BCUT2D eigenvalue weighted by atomic mass is 16.6. The number of para-hydroxylation sites is 2. The molecule has 0 aliphatic heterocycles. The average Bonchev–Trinajstić information content (AvgIpc) is 2.90. The van der Waals surface area contributed by atoms with Gasteiger partial charge in [-0.25, -0.2) is 4.79 Å². The van der Waals surface area contributed by atoms with E-state index in [2.05, 4.69) is 16.6 Å². The van der Waals surface area contributed by atoms with E-state index in [0.717, 1.165) is 23.3 Å². The lowest BCUT2D eigenvalue weighted by molar-refractivity contribution is -0.142. The maximum Gasteiger partial charge on any atom is 0.343 e. The van der Waals surface area contributed by atoms with E-state index in [-0.39, 0.29) is 25.0 Å². The molecule has 36 heavy (non-hydrogen) atoms. The van der Waals surface area contributed by atoms with Crippen LogP contribution in [-0.2, 0) is 22.4 Å². The topological polar surface area (TPSA) is 88.5 Å². The van der Waals surface area contributed by atoms with Crippen molar-refractivity contribution in [3.05, 3.63) is 90.0 Å². The SMILES string of the molecule is COC(=O)COc1ccc(CC(C)N(CCc2ccccc2O)CC(O)COc2ccccc2)cc1. The fourth-order valence-electron chi connectivity index (χ4n) is 3.90. The van der Waals surface area contributed by atoms with Crippen LogP contribution in [0.1, 0.15) is 18.1 Å². The Kier molecular flexibility index (Phi) is 10.6. The first-order valence-electron chi connectivity index (χ1n) is 12.1. The molecule has 0 amide bonds. The molecule has 0 bridgehead atoms. The number of aliphatic hydroxyl groups excluding tert-OH is 1. The smallest absolute Gasteiger partial charge is 0.343 e. The Hall–Kier alpha value is -3.55. The molecule has 2 N–H and O–H groups in total. The summed E-state index contributed by atoms with van der Waals surface area (Å²) in [4.78, 5) is 13.5. The van der Waals surface area contributed by atoms with Crippen molar-refractivity contribution in [3.63, 3.8) is 0 Å². The average molecular weight is 494 g/mol. The van der Waals surface area contributed by atoms with Crippen LogP contribution in [0, 0.1) is 0 Å². The molecule has 3 aromatic rings. The zero-order valence-electron chi connectivity index (χ0n) is 20.9. The minimum atomic E-state index is -0.675. The Bertz CT molecular complexity index is 1060. The Morgan fingerprint density at radius 1 is 0.917 bits per heavy atom. The third kappa shape index (κ3) is 8.91. The number of phenols is 1. The largest absolute Gasteiger partial charge is 0.508 e. The van der Waals surface area contributed by atoms with Crippen LogP contribution in [0.15, 0.2) is 78.9 Å². The molecule has 192 valence electrons. The second kappa shape index (κ2) is 14.1. The number of nitrogens with zero attached hydrogens (tertiary/aromatic N) is 1. The second-order valence-corrected chi connectivity index (χ2v) is 8.71. The predicted octanol–water partition coefficient (Wildman–Crippen LogP) is 3.86. The number of methoxy groups -OCH3 is 1. The number of carbonyl (C=O) groups is 1. The molecule has 2 unspecified atom stereocenters. The fraction of sp³-hybridized carbons (Fsp3) is 0.345. The van der Waals surface area contributed by atoms with Crippen molar-refractivity contribution in [2.45, 2.75) is 31.9 Å². The predicted molar refractivity (Wildman–Crippen MR) is 138 cm³/mol. The number of rotatable bonds is 14. The fourth-order valence-corrected chi connectivity index (χ4v) is 3.90. The van der Waals surface area contributed by atoms with E-state index in [1.807, 2.05) is 72.8 Å². The molecular weight excluding hydrogens is 458 g/mol. The van der Waals surface area contributed by atoms with E-state index in [1.54, 1.807) is 6.07 Å². The molecular formula is C29H35NO6. The van der Waals surface area contributed by atoms with E-state index in [0.29, 0.717) is 25.3 Å². The summed E-state index contributed by atoms with van der Waals surface area (Å²) in [5, 5.41) is 20.9. The van der Waals surface area contributed by atoms with Crippen LogP contribution in [0.4, 0.5) is 0 Å². The Balaban J connectivity index is 1.61. The normalized spacial score (nSPS) is 12.7. The first-order valence-corrected chi connectivity index (χ1v) is 12.1. The molecule has 0 saturated heterocycles. The molecule has 0 aliphatic carbocycles. The van der Waals surface area contributed by atoms with Crippen LogP contribution in [0.3, 0.4) is 0 Å². The zero-order chi connectivity index (χ0) is 25.8. The first-order chi connectivity index (χ1) is 17.4. The highest BCUT2D eigenvalue weighted by Crippen LogP contribution is 2.19. The standard InChI is InChI=1S/C29H35NO6/c1-22(18-23-12-14-27(15-13-23)36-21-29(33)34-2)30(17-16-24-8-6-7-11-28(24)32)19-25(31)20-35-26-9-4-3-5-10-26/h3-15,22,25,31-32H,16-21H2,1-2H3. The van der Waals surface area contributed by atoms with Gasteiger partial charge >= 0.3 is 5.97 Å². The second-order valence-electron chi connectivity index (χ2n) is 8.71. The van der Waals surface area contributed by atoms with Gasteiger partial charge in [-0.15, -0.1) is 0 Å². The number of phenolic OH excluding ortho intramolecular Hbond substituents is 1. The number of benzene rings is 3. The summed E-state index contributed by atoms with van der Waals surface area (Å²) in [7, 11) is 1.33. The van der Waals surface area contributed by atoms with Gasteiger partial charge in [-0.2, -0.15) is 0 Å². The highest BCUT2D eigenvalue weighted by Gasteiger charge is 2.19.